The summed E-state index contributed by atoms with van der Waals surface area (Å²) in [7, 11) is 0. The van der Waals surface area contributed by atoms with E-state index in [4.69, 9.17) is 0 Å². The molecule has 2 aromatic carbocycles. The molecule has 24 heavy (non-hydrogen) atoms. The number of hydrogen-bond donors (Lipinski definition) is 3. The maximum absolute atomic E-state index is 13.3. The predicted molar refractivity (Wildman–Crippen MR) is 86.9 cm³/mol. The van der Waals surface area contributed by atoms with E-state index in [2.05, 4.69) is 5.32 Å². The molecule has 0 aromatic heterocycles. The van der Waals surface area contributed by atoms with Crippen LogP contribution in [0.3, 0.4) is 0 Å². The third-order valence-electron chi connectivity index (χ3n) is 3.81. The van der Waals surface area contributed by atoms with Gasteiger partial charge in [0.05, 0.1) is 23.7 Å². The van der Waals surface area contributed by atoms with E-state index in [0.717, 1.165) is 5.56 Å². The Kier molecular flexibility index (Phi) is 5.97. The van der Waals surface area contributed by atoms with Gasteiger partial charge in [-0.05, 0) is 41.8 Å². The van der Waals surface area contributed by atoms with Crippen molar-refractivity contribution in [2.24, 2.45) is 0 Å². The Morgan fingerprint density at radius 2 is 1.92 bits per heavy atom. The number of aliphatic hydroxyl groups is 2. The molecule has 2 aromatic rings. The number of halogens is 1. The number of aliphatic hydroxyl groups excluding tert-OH is 2. The van der Waals surface area contributed by atoms with Gasteiger partial charge in [-0.1, -0.05) is 12.1 Å². The highest BCUT2D eigenvalue weighted by molar-refractivity contribution is 5.34. The first-order valence-electron chi connectivity index (χ1n) is 7.44. The van der Waals surface area contributed by atoms with E-state index in [0.29, 0.717) is 17.7 Å². The molecule has 0 fully saturated rings. The van der Waals surface area contributed by atoms with E-state index in [1.54, 1.807) is 19.1 Å². The molecule has 2 atom stereocenters. The molecular formula is C17H19FN2O4. The number of aryl methyl sites for hydroxylation is 1. The van der Waals surface area contributed by atoms with Crippen LogP contribution in [0.4, 0.5) is 10.1 Å². The van der Waals surface area contributed by atoms with Gasteiger partial charge < -0.3 is 15.5 Å². The summed E-state index contributed by atoms with van der Waals surface area (Å²) in [6.07, 6.45) is -1.03. The number of non-ortho nitro benzene ring substituents is 1. The van der Waals surface area contributed by atoms with Crippen molar-refractivity contribution in [2.45, 2.75) is 25.6 Å². The maximum Gasteiger partial charge on any atom is 0.269 e. The molecule has 6 nitrogen and oxygen atoms in total. The van der Waals surface area contributed by atoms with Crippen molar-refractivity contribution in [3.8, 4) is 0 Å². The molecule has 0 aliphatic rings. The Labute approximate surface area is 138 Å². The first-order valence-corrected chi connectivity index (χ1v) is 7.44. The lowest BCUT2D eigenvalue weighted by Crippen LogP contribution is -2.37. The van der Waals surface area contributed by atoms with Crippen LogP contribution in [0.25, 0.3) is 0 Å². The number of nitrogens with one attached hydrogen (secondary N) is 1. The summed E-state index contributed by atoms with van der Waals surface area (Å²) in [5.41, 5.74) is 1.73. The minimum absolute atomic E-state index is 0.0683. The monoisotopic (exact) mass is 334 g/mol. The van der Waals surface area contributed by atoms with E-state index >= 15 is 0 Å². The normalized spacial score (nSPS) is 13.5. The van der Waals surface area contributed by atoms with Crippen molar-refractivity contribution >= 4 is 5.69 Å². The van der Waals surface area contributed by atoms with Gasteiger partial charge in [0, 0.05) is 18.7 Å². The van der Waals surface area contributed by atoms with Crippen molar-refractivity contribution in [1.82, 2.24) is 5.32 Å². The van der Waals surface area contributed by atoms with Crippen LogP contribution in [0, 0.1) is 22.9 Å². The lowest BCUT2D eigenvalue weighted by Gasteiger charge is -2.23. The molecule has 0 spiro atoms. The summed E-state index contributed by atoms with van der Waals surface area (Å²) >= 11 is 0. The van der Waals surface area contributed by atoms with Crippen LogP contribution in [-0.2, 0) is 6.54 Å². The number of hydrogen-bond acceptors (Lipinski definition) is 5. The van der Waals surface area contributed by atoms with E-state index in [9.17, 15) is 24.7 Å². The molecule has 7 heteroatoms. The molecule has 0 amide bonds. The van der Waals surface area contributed by atoms with Crippen LogP contribution < -0.4 is 5.32 Å². The molecule has 0 aliphatic heterocycles. The molecule has 0 saturated carbocycles. The van der Waals surface area contributed by atoms with Gasteiger partial charge in [0.1, 0.15) is 5.82 Å². The topological polar surface area (TPSA) is 95.6 Å². The summed E-state index contributed by atoms with van der Waals surface area (Å²) < 4.78 is 13.3. The van der Waals surface area contributed by atoms with E-state index in [1.807, 2.05) is 0 Å². The number of benzene rings is 2. The largest absolute Gasteiger partial charge is 0.395 e. The fraction of sp³-hybridized carbons (Fsp3) is 0.294. The molecule has 3 N–H and O–H groups in total. The molecule has 2 rings (SSSR count). The molecule has 0 heterocycles. The molecule has 2 unspecified atom stereocenters. The number of nitrogens with zero attached hydrogens (tertiary/aromatic N) is 1. The quantitative estimate of drug-likeness (QED) is 0.533. The lowest BCUT2D eigenvalue weighted by molar-refractivity contribution is -0.384. The van der Waals surface area contributed by atoms with Crippen LogP contribution in [0.15, 0.2) is 42.5 Å². The molecule has 0 bridgehead atoms. The lowest BCUT2D eigenvalue weighted by atomic mass is 10.0. The predicted octanol–water partition coefficient (Wildman–Crippen LogP) is 2.23. The highest BCUT2D eigenvalue weighted by atomic mass is 19.1. The van der Waals surface area contributed by atoms with Gasteiger partial charge in [-0.2, -0.15) is 0 Å². The van der Waals surface area contributed by atoms with Gasteiger partial charge >= 0.3 is 0 Å². The zero-order valence-corrected chi connectivity index (χ0v) is 13.1. The molecular weight excluding hydrogens is 315 g/mol. The highest BCUT2D eigenvalue weighted by Gasteiger charge is 2.20. The highest BCUT2D eigenvalue weighted by Crippen LogP contribution is 2.21. The summed E-state index contributed by atoms with van der Waals surface area (Å²) in [6.45, 7) is 1.68. The van der Waals surface area contributed by atoms with Crippen LogP contribution in [0.1, 0.15) is 22.8 Å². The average molecular weight is 334 g/mol. The third kappa shape index (κ3) is 4.35. The van der Waals surface area contributed by atoms with Crippen molar-refractivity contribution in [1.29, 1.82) is 0 Å². The Morgan fingerprint density at radius 1 is 1.25 bits per heavy atom. The molecule has 0 saturated heterocycles. The van der Waals surface area contributed by atoms with Gasteiger partial charge in [-0.25, -0.2) is 4.39 Å². The zero-order chi connectivity index (χ0) is 17.7. The van der Waals surface area contributed by atoms with Gasteiger partial charge in [0.2, 0.25) is 0 Å². The van der Waals surface area contributed by atoms with Crippen molar-refractivity contribution in [3.05, 3.63) is 75.1 Å². The number of nitro benzene ring substituents is 1. The zero-order valence-electron chi connectivity index (χ0n) is 13.1. The molecule has 0 aliphatic carbocycles. The van der Waals surface area contributed by atoms with Crippen molar-refractivity contribution < 1.29 is 19.5 Å². The number of rotatable bonds is 7. The second kappa shape index (κ2) is 7.96. The Hall–Kier alpha value is -2.35. The van der Waals surface area contributed by atoms with Gasteiger partial charge in [0.15, 0.2) is 0 Å². The van der Waals surface area contributed by atoms with E-state index < -0.39 is 17.1 Å². The van der Waals surface area contributed by atoms with E-state index in [-0.39, 0.29) is 18.1 Å². The van der Waals surface area contributed by atoms with Gasteiger partial charge in [-0.3, -0.25) is 10.1 Å². The minimum Gasteiger partial charge on any atom is -0.395 e. The van der Waals surface area contributed by atoms with Crippen molar-refractivity contribution in [2.75, 3.05) is 6.61 Å². The Bertz CT molecular complexity index is 706. The van der Waals surface area contributed by atoms with Crippen LogP contribution in [-0.4, -0.2) is 27.8 Å². The first-order chi connectivity index (χ1) is 11.4. The molecule has 128 valence electrons. The Morgan fingerprint density at radius 3 is 2.46 bits per heavy atom. The van der Waals surface area contributed by atoms with Crippen LogP contribution in [0.2, 0.25) is 0 Å². The summed E-state index contributed by atoms with van der Waals surface area (Å²) in [5, 5.41) is 33.5. The first kappa shape index (κ1) is 18.0. The van der Waals surface area contributed by atoms with Crippen molar-refractivity contribution in [3.63, 3.8) is 0 Å². The van der Waals surface area contributed by atoms with Crippen LogP contribution >= 0.6 is 0 Å². The second-order valence-corrected chi connectivity index (χ2v) is 5.55. The second-order valence-electron chi connectivity index (χ2n) is 5.55. The Balaban J connectivity index is 2.03. The summed E-state index contributed by atoms with van der Waals surface area (Å²) in [6, 6.07) is 9.54. The van der Waals surface area contributed by atoms with Gasteiger partial charge in [0.25, 0.3) is 5.69 Å². The smallest absolute Gasteiger partial charge is 0.269 e. The maximum atomic E-state index is 13.3. The van der Waals surface area contributed by atoms with Gasteiger partial charge in [-0.15, -0.1) is 0 Å². The average Bonchev–Trinajstić information content (AvgIpc) is 2.58. The van der Waals surface area contributed by atoms with E-state index in [1.165, 1.54) is 30.3 Å². The molecule has 0 radical (unpaired) electrons. The fourth-order valence-corrected chi connectivity index (χ4v) is 2.37. The van der Waals surface area contributed by atoms with Crippen LogP contribution in [0.5, 0.6) is 0 Å². The standard InChI is InChI=1S/C17H19FN2O4/c1-11-8-12(2-7-15(11)18)9-19-16(10-21)17(22)13-3-5-14(6-4-13)20(23)24/h2-8,16-17,19,21-22H,9-10H2,1H3. The third-order valence-corrected chi connectivity index (χ3v) is 3.81. The number of nitro groups is 1. The summed E-state index contributed by atoms with van der Waals surface area (Å²) in [4.78, 5) is 10.1. The SMILES string of the molecule is Cc1cc(CNC(CO)C(O)c2ccc([N+](=O)[O-])cc2)ccc1F. The summed E-state index contributed by atoms with van der Waals surface area (Å²) in [5.74, 6) is -0.289. The fourth-order valence-electron chi connectivity index (χ4n) is 2.37. The minimum atomic E-state index is -1.03.